The number of aryl methyl sites for hydroxylation is 2. The van der Waals surface area contributed by atoms with Gasteiger partial charge >= 0.3 is 5.69 Å². The number of nitrogens with zero attached hydrogens (tertiary/aromatic N) is 5. The average Bonchev–Trinajstić information content (AvgIpc) is 3.11. The molecule has 0 amide bonds. The van der Waals surface area contributed by atoms with Crippen LogP contribution < -0.4 is 10.4 Å². The number of halogens is 1. The Balaban J connectivity index is 2.00. The van der Waals surface area contributed by atoms with E-state index >= 15 is 0 Å². The van der Waals surface area contributed by atoms with Crippen molar-refractivity contribution < 1.29 is 9.13 Å². The third-order valence-electron chi connectivity index (χ3n) is 3.47. The molecule has 0 atom stereocenters. The molecule has 0 aliphatic carbocycles. The van der Waals surface area contributed by atoms with Gasteiger partial charge in [0.1, 0.15) is 6.61 Å². The van der Waals surface area contributed by atoms with Crippen molar-refractivity contribution >= 4 is 0 Å². The molecule has 9 heteroatoms. The Labute approximate surface area is 130 Å². The fourth-order valence-electron chi connectivity index (χ4n) is 2.28. The largest absolute Gasteiger partial charge is 0.472 e. The molecule has 2 aromatic heterocycles. The number of rotatable bonds is 5. The van der Waals surface area contributed by atoms with Crippen LogP contribution in [0.5, 0.6) is 5.88 Å². The smallest absolute Gasteiger partial charge is 0.368 e. The molecule has 1 aromatic carbocycles. The molecule has 0 saturated heterocycles. The molecule has 0 radical (unpaired) electrons. The zero-order valence-corrected chi connectivity index (χ0v) is 12.7. The molecular weight excluding hydrogens is 303 g/mol. The number of aromatic amines is 1. The molecule has 0 fully saturated rings. The van der Waals surface area contributed by atoms with E-state index in [1.807, 2.05) is 19.1 Å². The van der Waals surface area contributed by atoms with Crippen LogP contribution >= 0.6 is 0 Å². The highest BCUT2D eigenvalue weighted by Crippen LogP contribution is 2.20. The summed E-state index contributed by atoms with van der Waals surface area (Å²) in [6, 6.07) is 6.70. The zero-order valence-electron chi connectivity index (χ0n) is 12.7. The molecule has 0 spiro atoms. The topological polar surface area (TPSA) is 90.6 Å². The van der Waals surface area contributed by atoms with Crippen LogP contribution in [0, 0.1) is 5.95 Å². The monoisotopic (exact) mass is 318 g/mol. The first-order valence-corrected chi connectivity index (χ1v) is 7.04. The zero-order chi connectivity index (χ0) is 16.4. The van der Waals surface area contributed by atoms with Gasteiger partial charge in [0.25, 0.3) is 0 Å². The minimum atomic E-state index is -0.575. The summed E-state index contributed by atoms with van der Waals surface area (Å²) in [4.78, 5) is 12.1. The van der Waals surface area contributed by atoms with Gasteiger partial charge in [0.15, 0.2) is 0 Å². The van der Waals surface area contributed by atoms with Gasteiger partial charge in [-0.2, -0.15) is 13.8 Å². The minimum Gasteiger partial charge on any atom is -0.472 e. The van der Waals surface area contributed by atoms with Crippen LogP contribution in [-0.2, 0) is 20.1 Å². The van der Waals surface area contributed by atoms with Crippen LogP contribution in [0.2, 0.25) is 0 Å². The van der Waals surface area contributed by atoms with Gasteiger partial charge in [-0.1, -0.05) is 19.1 Å². The number of H-pyrrole nitrogens is 1. The Morgan fingerprint density at radius 3 is 2.78 bits per heavy atom. The van der Waals surface area contributed by atoms with Crippen molar-refractivity contribution in [1.29, 1.82) is 0 Å². The molecule has 0 bridgehead atoms. The number of hydrogen-bond donors (Lipinski definition) is 1. The normalized spacial score (nSPS) is 10.9. The van der Waals surface area contributed by atoms with E-state index in [-0.39, 0.29) is 18.2 Å². The van der Waals surface area contributed by atoms with E-state index in [0.717, 1.165) is 28.3 Å². The van der Waals surface area contributed by atoms with Crippen LogP contribution in [0.1, 0.15) is 18.1 Å². The van der Waals surface area contributed by atoms with Gasteiger partial charge in [0, 0.05) is 12.6 Å². The Hall–Kier alpha value is -2.97. The Morgan fingerprint density at radius 2 is 2.17 bits per heavy atom. The summed E-state index contributed by atoms with van der Waals surface area (Å²) in [6.45, 7) is 2.13. The van der Waals surface area contributed by atoms with Crippen molar-refractivity contribution in [3.8, 4) is 11.6 Å². The van der Waals surface area contributed by atoms with Crippen molar-refractivity contribution in [3.05, 3.63) is 51.8 Å². The first kappa shape index (κ1) is 14.9. The number of hydrogen-bond acceptors (Lipinski definition) is 5. The molecule has 0 aliphatic rings. The summed E-state index contributed by atoms with van der Waals surface area (Å²) >= 11 is 0. The summed E-state index contributed by atoms with van der Waals surface area (Å²) in [6.07, 6.45) is 0.747. The molecule has 23 heavy (non-hydrogen) atoms. The molecule has 2 heterocycles. The van der Waals surface area contributed by atoms with Gasteiger partial charge < -0.3 is 4.74 Å². The summed E-state index contributed by atoms with van der Waals surface area (Å²) in [7, 11) is 1.53. The molecule has 1 N–H and O–H groups in total. The van der Waals surface area contributed by atoms with E-state index in [4.69, 9.17) is 4.74 Å². The highest BCUT2D eigenvalue weighted by atomic mass is 19.1. The lowest BCUT2D eigenvalue weighted by Crippen LogP contribution is -2.23. The summed E-state index contributed by atoms with van der Waals surface area (Å²) in [5.41, 5.74) is 2.00. The van der Waals surface area contributed by atoms with Gasteiger partial charge in [-0.05, 0) is 28.5 Å². The molecule has 0 unspecified atom stereocenters. The average molecular weight is 318 g/mol. The van der Waals surface area contributed by atoms with Gasteiger partial charge in [0.2, 0.25) is 11.8 Å². The molecule has 3 rings (SSSR count). The SMILES string of the molecule is CCc1cccc(-n2nnn(C)c2=O)c1COc1cc(F)[nH]n1. The second-order valence-corrected chi connectivity index (χ2v) is 4.91. The minimum absolute atomic E-state index is 0.132. The van der Waals surface area contributed by atoms with Gasteiger partial charge in [-0.15, -0.1) is 5.10 Å². The maximum absolute atomic E-state index is 12.9. The fraction of sp³-hybridized carbons (Fsp3) is 0.286. The quantitative estimate of drug-likeness (QED) is 0.757. The van der Waals surface area contributed by atoms with Crippen LogP contribution in [-0.4, -0.2) is 30.0 Å². The molecule has 0 aliphatic heterocycles. The third-order valence-corrected chi connectivity index (χ3v) is 3.47. The molecule has 0 saturated carbocycles. The van der Waals surface area contributed by atoms with E-state index < -0.39 is 5.95 Å². The second-order valence-electron chi connectivity index (χ2n) is 4.91. The van der Waals surface area contributed by atoms with E-state index in [1.165, 1.54) is 11.7 Å². The highest BCUT2D eigenvalue weighted by Gasteiger charge is 2.15. The number of aromatic nitrogens is 6. The lowest BCUT2D eigenvalue weighted by atomic mass is 10.0. The number of benzene rings is 1. The molecular formula is C14H15FN6O2. The maximum atomic E-state index is 12.9. The van der Waals surface area contributed by atoms with Gasteiger partial charge in [0.05, 0.1) is 11.8 Å². The van der Waals surface area contributed by atoms with Gasteiger partial charge in [-0.25, -0.2) is 9.89 Å². The predicted octanol–water partition coefficient (Wildman–Crippen LogP) is 0.970. The van der Waals surface area contributed by atoms with E-state index in [0.29, 0.717) is 5.69 Å². The van der Waals surface area contributed by atoms with Crippen LogP contribution in [0.4, 0.5) is 4.39 Å². The van der Waals surface area contributed by atoms with Crippen LogP contribution in [0.25, 0.3) is 5.69 Å². The van der Waals surface area contributed by atoms with Crippen molar-refractivity contribution in [2.75, 3.05) is 0 Å². The van der Waals surface area contributed by atoms with Gasteiger partial charge in [-0.3, -0.25) is 0 Å². The second kappa shape index (κ2) is 6.03. The van der Waals surface area contributed by atoms with Crippen molar-refractivity contribution in [2.45, 2.75) is 20.0 Å². The van der Waals surface area contributed by atoms with Crippen LogP contribution in [0.15, 0.2) is 29.1 Å². The maximum Gasteiger partial charge on any atom is 0.368 e. The predicted molar refractivity (Wildman–Crippen MR) is 78.9 cm³/mol. The van der Waals surface area contributed by atoms with Crippen molar-refractivity contribution in [2.24, 2.45) is 7.05 Å². The highest BCUT2D eigenvalue weighted by molar-refractivity contribution is 5.45. The first-order chi connectivity index (χ1) is 11.1. The third kappa shape index (κ3) is 2.85. The lowest BCUT2D eigenvalue weighted by molar-refractivity contribution is 0.291. The van der Waals surface area contributed by atoms with Crippen molar-refractivity contribution in [3.63, 3.8) is 0 Å². The standard InChI is InChI=1S/C14H15FN6O2/c1-3-9-5-4-6-11(21-14(22)20(2)18-19-21)10(9)8-23-13-7-12(15)16-17-13/h4-7H,3,8H2,1-2H3,(H,16,17). The Morgan fingerprint density at radius 1 is 1.35 bits per heavy atom. The lowest BCUT2D eigenvalue weighted by Gasteiger charge is -2.13. The van der Waals surface area contributed by atoms with Crippen LogP contribution in [0.3, 0.4) is 0 Å². The summed E-state index contributed by atoms with van der Waals surface area (Å²) in [5, 5.41) is 13.4. The van der Waals surface area contributed by atoms with E-state index in [2.05, 4.69) is 20.6 Å². The number of ether oxygens (including phenoxy) is 1. The molecule has 3 aromatic rings. The number of nitrogens with one attached hydrogen (secondary N) is 1. The Bertz CT molecular complexity index is 882. The first-order valence-electron chi connectivity index (χ1n) is 7.04. The van der Waals surface area contributed by atoms with E-state index in [9.17, 15) is 9.18 Å². The van der Waals surface area contributed by atoms with E-state index in [1.54, 1.807) is 6.07 Å². The van der Waals surface area contributed by atoms with Crippen molar-refractivity contribution in [1.82, 2.24) is 30.0 Å². The summed E-state index contributed by atoms with van der Waals surface area (Å²) in [5.74, 6) is -0.431. The molecule has 8 nitrogen and oxygen atoms in total. The Kier molecular flexibility index (Phi) is 3.92. The fourth-order valence-corrected chi connectivity index (χ4v) is 2.28. The summed E-state index contributed by atoms with van der Waals surface area (Å²) < 4.78 is 20.8. The number of tetrazole rings is 1. The molecule has 120 valence electrons.